The van der Waals surface area contributed by atoms with Gasteiger partial charge in [-0.2, -0.15) is 74.6 Å². The number of benzene rings is 1. The Balaban J connectivity index is 3.14. The van der Waals surface area contributed by atoms with E-state index in [9.17, 15) is 84.5 Å². The number of hydrogen-bond acceptors (Lipinski definition) is 6. The van der Waals surface area contributed by atoms with Gasteiger partial charge >= 0.3 is 53.6 Å². The summed E-state index contributed by atoms with van der Waals surface area (Å²) in [4.78, 5) is 11.5. The van der Waals surface area contributed by atoms with E-state index >= 15 is 0 Å². The van der Waals surface area contributed by atoms with Gasteiger partial charge < -0.3 is 23.7 Å². The molecule has 0 aliphatic rings. The molecule has 1 rings (SSSR count). The maximum Gasteiger partial charge on any atom is 0.460 e. The van der Waals surface area contributed by atoms with Crippen LogP contribution in [-0.4, -0.2) is 100 Å². The van der Waals surface area contributed by atoms with Gasteiger partial charge in [0.15, 0.2) is 8.32 Å². The van der Waals surface area contributed by atoms with E-state index in [4.69, 9.17) is 18.6 Å². The molecule has 59 heavy (non-hydrogen) atoms. The van der Waals surface area contributed by atoms with E-state index in [1.807, 2.05) is 0 Å². The zero-order valence-corrected chi connectivity index (χ0v) is 32.9. The van der Waals surface area contributed by atoms with Gasteiger partial charge in [-0.25, -0.2) is 4.79 Å². The van der Waals surface area contributed by atoms with Crippen LogP contribution in [0.4, 0.5) is 74.6 Å². The predicted molar refractivity (Wildman–Crippen MR) is 179 cm³/mol. The molecular formula is C35H43F17O6Si. The number of aliphatic hydroxyl groups excluding tert-OH is 1. The molecule has 0 amide bonds. The van der Waals surface area contributed by atoms with Crippen LogP contribution >= 0.6 is 0 Å². The summed E-state index contributed by atoms with van der Waals surface area (Å²) in [5, 5.41) is 10.8. The van der Waals surface area contributed by atoms with Crippen molar-refractivity contribution in [2.24, 2.45) is 0 Å². The average molecular weight is 911 g/mol. The Morgan fingerprint density at radius 3 is 1.66 bits per heavy atom. The average Bonchev–Trinajstić information content (AvgIpc) is 3.12. The number of aliphatic hydroxyl groups is 1. The highest BCUT2D eigenvalue weighted by molar-refractivity contribution is 6.76. The second kappa shape index (κ2) is 19.7. The van der Waals surface area contributed by atoms with Gasteiger partial charge in [0, 0.05) is 19.6 Å². The molecule has 1 N–H and O–H groups in total. The first-order valence-electron chi connectivity index (χ1n) is 17.3. The van der Waals surface area contributed by atoms with E-state index in [2.05, 4.69) is 6.58 Å². The highest BCUT2D eigenvalue weighted by Gasteiger charge is 2.95. The number of rotatable bonds is 25. The summed E-state index contributed by atoms with van der Waals surface area (Å²) in [7, 11) is -2.62. The molecule has 1 aromatic carbocycles. The number of halogens is 17. The third-order valence-electron chi connectivity index (χ3n) is 9.39. The van der Waals surface area contributed by atoms with Gasteiger partial charge in [-0.15, -0.1) is 0 Å². The van der Waals surface area contributed by atoms with Gasteiger partial charge in [0.2, 0.25) is 0 Å². The Bertz CT molecular complexity index is 1520. The number of allylic oxidation sites excluding steroid dienone is 1. The summed E-state index contributed by atoms with van der Waals surface area (Å²) in [6.45, 7) is 7.82. The Labute approximate surface area is 328 Å². The zero-order chi connectivity index (χ0) is 46.3. The van der Waals surface area contributed by atoms with E-state index in [0.717, 1.165) is 0 Å². The van der Waals surface area contributed by atoms with Crippen LogP contribution in [0, 0.1) is 0 Å². The molecule has 0 unspecified atom stereocenters. The maximum absolute atomic E-state index is 14.9. The first kappa shape index (κ1) is 53.9. The van der Waals surface area contributed by atoms with Crippen molar-refractivity contribution in [1.82, 2.24) is 0 Å². The van der Waals surface area contributed by atoms with Crippen LogP contribution in [0.25, 0.3) is 0 Å². The molecule has 0 saturated heterocycles. The number of methoxy groups -OCH3 is 1. The fraction of sp³-hybridized carbons (Fsp3) is 0.686. The minimum Gasteiger partial charge on any atom is -0.491 e. The molecular weight excluding hydrogens is 867 g/mol. The Kier molecular flexibility index (Phi) is 18.0. The molecule has 0 spiro atoms. The monoisotopic (exact) mass is 910 g/mol. The summed E-state index contributed by atoms with van der Waals surface area (Å²) in [5.74, 6) is -57.2. The molecule has 0 aromatic heterocycles. The van der Waals surface area contributed by atoms with Crippen molar-refractivity contribution in [3.05, 3.63) is 54.6 Å². The summed E-state index contributed by atoms with van der Waals surface area (Å²) in [5.41, 5.74) is -1.37. The fourth-order valence-corrected chi connectivity index (χ4v) is 10.2. The van der Waals surface area contributed by atoms with E-state index in [1.54, 1.807) is 0 Å². The molecule has 0 saturated carbocycles. The zero-order valence-electron chi connectivity index (χ0n) is 31.9. The van der Waals surface area contributed by atoms with Crippen LogP contribution in [0.5, 0.6) is 5.75 Å². The first-order valence-corrected chi connectivity index (χ1v) is 19.6. The van der Waals surface area contributed by atoms with Crippen LogP contribution in [-0.2, 0) is 18.7 Å². The second-order valence-corrected chi connectivity index (χ2v) is 18.8. The van der Waals surface area contributed by atoms with Gasteiger partial charge in [0.05, 0.1) is 12.7 Å². The van der Waals surface area contributed by atoms with Crippen molar-refractivity contribution in [3.8, 4) is 5.75 Å². The minimum absolute atomic E-state index is 0.0200. The highest BCUT2D eigenvalue weighted by atomic mass is 28.4. The molecule has 0 heterocycles. The van der Waals surface area contributed by atoms with Crippen LogP contribution in [0.2, 0.25) is 17.1 Å². The van der Waals surface area contributed by atoms with Gasteiger partial charge in [0.1, 0.15) is 25.1 Å². The standard InChI is InChI=1S/C35H43F17O6Si/c1-7-17-57-26(53)11-9-8-10-25(55-6)27(54)23-12-14-24(15-13-23)56-18-19-58-59(21(2)3,22(4)5)20-16-28(36,37)29(38,39)30(40,41)31(42,43)32(44,45)33(46,47)34(48,49)35(50,51)52/h7,9,11-15,21-22,25,27,54H,1,8,10,16-20H2,2-6H3/b11-9+/t25-,27-/m0/s1. The molecule has 2 atom stereocenters. The van der Waals surface area contributed by atoms with E-state index < -0.39 is 104 Å². The number of hydrogen-bond donors (Lipinski definition) is 1. The van der Waals surface area contributed by atoms with Gasteiger partial charge in [0.25, 0.3) is 0 Å². The van der Waals surface area contributed by atoms with Gasteiger partial charge in [-0.3, -0.25) is 0 Å². The molecule has 6 nitrogen and oxygen atoms in total. The molecule has 342 valence electrons. The first-order chi connectivity index (χ1) is 26.6. The Morgan fingerprint density at radius 2 is 1.22 bits per heavy atom. The Morgan fingerprint density at radius 1 is 0.746 bits per heavy atom. The SMILES string of the molecule is C=CCOC(=O)/C=C/CC[C@H](OC)[C@@H](O)c1ccc(OCCO[Si](CCC(F)(F)C(F)(F)C(F)(F)C(F)(F)C(F)(F)C(F)(F)C(F)(F)C(F)(F)F)(C(C)C)C(C)C)cc1. The Hall–Kier alpha value is -3.12. The number of carbonyl (C=O) groups excluding carboxylic acids is 1. The molecule has 0 radical (unpaired) electrons. The van der Waals surface area contributed by atoms with Gasteiger partial charge in [-0.05, 0) is 47.7 Å². The number of alkyl halides is 17. The second-order valence-electron chi connectivity index (χ2n) is 13.8. The van der Waals surface area contributed by atoms with Gasteiger partial charge in [-0.1, -0.05) is 58.6 Å². The quantitative estimate of drug-likeness (QED) is 0.0263. The van der Waals surface area contributed by atoms with Crippen LogP contribution in [0.15, 0.2) is 49.1 Å². The van der Waals surface area contributed by atoms with Crippen LogP contribution in [0.3, 0.4) is 0 Å². The summed E-state index contributed by atoms with van der Waals surface area (Å²) >= 11 is 0. The van der Waals surface area contributed by atoms with Crippen LogP contribution < -0.4 is 4.74 Å². The lowest BCUT2D eigenvalue weighted by atomic mass is 9.88. The predicted octanol–water partition coefficient (Wildman–Crippen LogP) is 11.4. The summed E-state index contributed by atoms with van der Waals surface area (Å²) in [6, 6.07) is 4.35. The minimum atomic E-state index is -8.69. The lowest BCUT2D eigenvalue weighted by molar-refractivity contribution is -0.461. The third-order valence-corrected chi connectivity index (χ3v) is 15.1. The van der Waals surface area contributed by atoms with E-state index in [1.165, 1.54) is 77.3 Å². The lowest BCUT2D eigenvalue weighted by Gasteiger charge is -2.44. The number of ether oxygens (including phenoxy) is 3. The summed E-state index contributed by atoms with van der Waals surface area (Å²) < 4.78 is 256. The van der Waals surface area contributed by atoms with E-state index in [0.29, 0.717) is 12.0 Å². The fourth-order valence-electron chi connectivity index (χ4n) is 5.76. The molecule has 0 aliphatic carbocycles. The van der Waals surface area contributed by atoms with Crippen molar-refractivity contribution in [2.45, 2.75) is 124 Å². The van der Waals surface area contributed by atoms with Crippen LogP contribution in [0.1, 0.15) is 58.6 Å². The third kappa shape index (κ3) is 11.0. The van der Waals surface area contributed by atoms with Crippen molar-refractivity contribution < 1.29 is 103 Å². The number of carbonyl (C=O) groups is 1. The van der Waals surface area contributed by atoms with Crippen molar-refractivity contribution in [2.75, 3.05) is 26.9 Å². The largest absolute Gasteiger partial charge is 0.491 e. The van der Waals surface area contributed by atoms with E-state index in [-0.39, 0.29) is 25.4 Å². The lowest BCUT2D eigenvalue weighted by Crippen LogP contribution is -2.74. The molecule has 24 heteroatoms. The van der Waals surface area contributed by atoms with Crippen molar-refractivity contribution in [1.29, 1.82) is 0 Å². The normalized spacial score (nSPS) is 15.5. The molecule has 0 aliphatic heterocycles. The molecule has 0 bridgehead atoms. The maximum atomic E-state index is 14.9. The summed E-state index contributed by atoms with van der Waals surface area (Å²) in [6.07, 6.45) is -7.58. The molecule has 0 fully saturated rings. The van der Waals surface area contributed by atoms with Crippen molar-refractivity contribution in [3.63, 3.8) is 0 Å². The smallest absolute Gasteiger partial charge is 0.460 e. The topological polar surface area (TPSA) is 74.2 Å². The van der Waals surface area contributed by atoms with Crippen molar-refractivity contribution >= 4 is 14.3 Å². The molecule has 1 aromatic rings. The highest BCUT2D eigenvalue weighted by Crippen LogP contribution is 2.64. The number of esters is 1.